The van der Waals surface area contributed by atoms with E-state index in [4.69, 9.17) is 16.3 Å². The second-order valence-electron chi connectivity index (χ2n) is 11.8. The highest BCUT2D eigenvalue weighted by atomic mass is 35.5. The fourth-order valence-electron chi connectivity index (χ4n) is 6.60. The summed E-state index contributed by atoms with van der Waals surface area (Å²) in [5.41, 5.74) is 10.6. The number of amides is 1. The lowest BCUT2D eigenvalue weighted by atomic mass is 9.92. The number of fused-ring (bicyclic) bond motifs is 1. The van der Waals surface area contributed by atoms with Crippen LogP contribution >= 0.6 is 11.6 Å². The second kappa shape index (κ2) is 12.3. The van der Waals surface area contributed by atoms with Crippen LogP contribution in [0, 0.1) is 33.6 Å². The molecule has 1 aliphatic carbocycles. The molecule has 2 aliphatic rings. The third-order valence-corrected chi connectivity index (χ3v) is 9.47. The molecule has 0 radical (unpaired) electrons. The molecule has 1 fully saturated rings. The molecule has 0 spiro atoms. The number of hydrogen-bond acceptors (Lipinski definition) is 4. The summed E-state index contributed by atoms with van der Waals surface area (Å²) in [6, 6.07) is 10.3. The highest BCUT2D eigenvalue weighted by Crippen LogP contribution is 2.43. The molecular formula is C34H40ClN3O4. The predicted octanol–water partition coefficient (Wildman–Crippen LogP) is 6.86. The van der Waals surface area contributed by atoms with Crippen LogP contribution in [-0.2, 0) is 23.1 Å². The number of ether oxygens (including phenoxy) is 1. The van der Waals surface area contributed by atoms with E-state index in [1.54, 1.807) is 0 Å². The summed E-state index contributed by atoms with van der Waals surface area (Å²) in [6.07, 6.45) is 3.69. The zero-order valence-electron chi connectivity index (χ0n) is 25.2. The van der Waals surface area contributed by atoms with Crippen LogP contribution in [0.25, 0.3) is 16.7 Å². The van der Waals surface area contributed by atoms with Crippen LogP contribution < -0.4 is 4.74 Å². The number of piperidine rings is 1. The molecule has 8 heteroatoms. The number of carboxylic acid groups (broad SMARTS) is 1. The Morgan fingerprint density at radius 2 is 1.74 bits per heavy atom. The number of halogens is 1. The Bertz CT molecular complexity index is 1540. The highest BCUT2D eigenvalue weighted by Gasteiger charge is 2.33. The predicted molar refractivity (Wildman–Crippen MR) is 166 cm³/mol. The van der Waals surface area contributed by atoms with Gasteiger partial charge in [-0.15, -0.1) is 0 Å². The third kappa shape index (κ3) is 5.98. The summed E-state index contributed by atoms with van der Waals surface area (Å²) in [7, 11) is 1.96. The Labute approximate surface area is 253 Å². The molecule has 2 heterocycles. The first-order valence-electron chi connectivity index (χ1n) is 14.8. The van der Waals surface area contributed by atoms with Gasteiger partial charge in [-0.25, -0.2) is 0 Å². The highest BCUT2D eigenvalue weighted by molar-refractivity contribution is 6.32. The number of aryl methyl sites for hydroxylation is 4. The number of benzene rings is 2. The van der Waals surface area contributed by atoms with Gasteiger partial charge in [-0.05, 0) is 105 Å². The largest absolute Gasteiger partial charge is 0.494 e. The van der Waals surface area contributed by atoms with Gasteiger partial charge in [0.05, 0.1) is 12.3 Å². The quantitative estimate of drug-likeness (QED) is 0.276. The molecule has 3 aromatic rings. The molecule has 2 aromatic carbocycles. The number of aliphatic carboxylic acids is 1. The number of carbonyl (C=O) groups is 2. The van der Waals surface area contributed by atoms with E-state index in [1.807, 2.05) is 49.5 Å². The Morgan fingerprint density at radius 3 is 2.36 bits per heavy atom. The number of likely N-dealkylation sites (tertiary alicyclic amines) is 1. The fraction of sp³-hybridized carbons (Fsp3) is 0.441. The van der Waals surface area contributed by atoms with Gasteiger partial charge in [0.15, 0.2) is 0 Å². The minimum Gasteiger partial charge on any atom is -0.494 e. The third-order valence-electron chi connectivity index (χ3n) is 8.87. The zero-order chi connectivity index (χ0) is 30.1. The molecule has 1 aliphatic heterocycles. The number of aromatic nitrogens is 2. The molecule has 42 heavy (non-hydrogen) atoms. The van der Waals surface area contributed by atoms with Crippen LogP contribution in [0.5, 0.6) is 5.75 Å². The van der Waals surface area contributed by atoms with Crippen molar-refractivity contribution in [2.45, 2.75) is 66.2 Å². The van der Waals surface area contributed by atoms with Crippen LogP contribution in [0.1, 0.15) is 65.7 Å². The van der Waals surface area contributed by atoms with Crippen molar-refractivity contribution in [1.29, 1.82) is 0 Å². The van der Waals surface area contributed by atoms with Gasteiger partial charge in [-0.1, -0.05) is 29.8 Å². The van der Waals surface area contributed by atoms with Gasteiger partial charge in [0.1, 0.15) is 5.75 Å². The minimum atomic E-state index is -0.768. The lowest BCUT2D eigenvalue weighted by Crippen LogP contribution is -2.39. The van der Waals surface area contributed by atoms with Crippen molar-refractivity contribution in [1.82, 2.24) is 14.7 Å². The van der Waals surface area contributed by atoms with Gasteiger partial charge >= 0.3 is 5.97 Å². The van der Waals surface area contributed by atoms with Gasteiger partial charge in [0, 0.05) is 54.8 Å². The van der Waals surface area contributed by atoms with Gasteiger partial charge in [-0.3, -0.25) is 14.3 Å². The van der Waals surface area contributed by atoms with Gasteiger partial charge in [0.2, 0.25) is 5.91 Å². The van der Waals surface area contributed by atoms with Crippen molar-refractivity contribution in [2.75, 3.05) is 19.7 Å². The second-order valence-corrected chi connectivity index (χ2v) is 12.2. The Balaban J connectivity index is 1.40. The van der Waals surface area contributed by atoms with Crippen molar-refractivity contribution < 1.29 is 19.4 Å². The Morgan fingerprint density at radius 1 is 1.07 bits per heavy atom. The standard InChI is InChI=1S/C34H40ClN3O4/c1-20-16-25(17-21(2)33(20)35)42-15-7-10-27-26-8-6-9-28(32-22(3)36-37(5)23(32)4)29(26)19-30(27)34(41)38-13-11-24(12-14-38)18-31(39)40/h6,8-9,16-17,24H,7,10-15,18-19H2,1-5H3,(H,39,40). The van der Waals surface area contributed by atoms with E-state index in [9.17, 15) is 14.7 Å². The van der Waals surface area contributed by atoms with Crippen molar-refractivity contribution in [2.24, 2.45) is 13.0 Å². The van der Waals surface area contributed by atoms with Crippen LogP contribution in [0.3, 0.4) is 0 Å². The number of carboxylic acids is 1. The fourth-order valence-corrected chi connectivity index (χ4v) is 6.71. The molecule has 0 atom stereocenters. The SMILES string of the molecule is Cc1cc(OCCCC2=C(C(=O)N3CCC(CC(=O)O)CC3)Cc3c2cccc3-c2c(C)nn(C)c2C)cc(C)c1Cl. The molecule has 1 saturated heterocycles. The Kier molecular flexibility index (Phi) is 8.78. The van der Waals surface area contributed by atoms with Crippen LogP contribution in [0.4, 0.5) is 0 Å². The molecule has 0 unspecified atom stereocenters. The van der Waals surface area contributed by atoms with E-state index in [0.717, 1.165) is 86.8 Å². The van der Waals surface area contributed by atoms with Gasteiger partial charge < -0.3 is 14.7 Å². The smallest absolute Gasteiger partial charge is 0.303 e. The summed E-state index contributed by atoms with van der Waals surface area (Å²) in [4.78, 5) is 27.2. The average Bonchev–Trinajstić information content (AvgIpc) is 3.44. The molecular weight excluding hydrogens is 550 g/mol. The van der Waals surface area contributed by atoms with Crippen LogP contribution in [-0.4, -0.2) is 51.4 Å². The van der Waals surface area contributed by atoms with E-state index in [-0.39, 0.29) is 18.2 Å². The van der Waals surface area contributed by atoms with E-state index < -0.39 is 5.97 Å². The average molecular weight is 590 g/mol. The summed E-state index contributed by atoms with van der Waals surface area (Å²) >= 11 is 6.33. The molecule has 0 bridgehead atoms. The van der Waals surface area contributed by atoms with E-state index in [1.165, 1.54) is 5.56 Å². The lowest BCUT2D eigenvalue weighted by Gasteiger charge is -2.32. The van der Waals surface area contributed by atoms with E-state index in [2.05, 4.69) is 30.2 Å². The normalized spacial score (nSPS) is 15.3. The monoisotopic (exact) mass is 589 g/mol. The molecule has 1 amide bonds. The number of nitrogens with zero attached hydrogens (tertiary/aromatic N) is 3. The van der Waals surface area contributed by atoms with E-state index >= 15 is 0 Å². The number of hydrogen-bond donors (Lipinski definition) is 1. The molecule has 7 nitrogen and oxygen atoms in total. The summed E-state index contributed by atoms with van der Waals surface area (Å²) in [5, 5.41) is 14.6. The van der Waals surface area contributed by atoms with Gasteiger partial charge in [0.25, 0.3) is 0 Å². The topological polar surface area (TPSA) is 84.7 Å². The summed E-state index contributed by atoms with van der Waals surface area (Å²) < 4.78 is 8.03. The zero-order valence-corrected chi connectivity index (χ0v) is 26.0. The van der Waals surface area contributed by atoms with Crippen LogP contribution in [0.15, 0.2) is 35.9 Å². The first-order chi connectivity index (χ1) is 20.0. The number of rotatable bonds is 9. The lowest BCUT2D eigenvalue weighted by molar-refractivity contribution is -0.138. The Hall–Kier alpha value is -3.58. The molecule has 5 rings (SSSR count). The van der Waals surface area contributed by atoms with Gasteiger partial charge in [-0.2, -0.15) is 5.10 Å². The van der Waals surface area contributed by atoms with Crippen molar-refractivity contribution in [3.8, 4) is 16.9 Å². The minimum absolute atomic E-state index is 0.0745. The van der Waals surface area contributed by atoms with E-state index in [0.29, 0.717) is 26.1 Å². The van der Waals surface area contributed by atoms with Crippen molar-refractivity contribution >= 4 is 29.1 Å². The molecule has 0 saturated carbocycles. The van der Waals surface area contributed by atoms with Crippen molar-refractivity contribution in [3.05, 3.63) is 74.6 Å². The summed E-state index contributed by atoms with van der Waals surface area (Å²) in [5.74, 6) is 0.239. The number of allylic oxidation sites excluding steroid dienone is 1. The maximum atomic E-state index is 14.0. The van der Waals surface area contributed by atoms with Crippen molar-refractivity contribution in [3.63, 3.8) is 0 Å². The summed E-state index contributed by atoms with van der Waals surface area (Å²) in [6.45, 7) is 9.80. The van der Waals surface area contributed by atoms with Crippen LogP contribution in [0.2, 0.25) is 5.02 Å². The molecule has 1 aromatic heterocycles. The maximum absolute atomic E-state index is 14.0. The molecule has 1 N–H and O–H groups in total. The first-order valence-corrected chi connectivity index (χ1v) is 15.2. The molecule has 222 valence electrons. The first kappa shape index (κ1) is 29.9. The maximum Gasteiger partial charge on any atom is 0.303 e. The number of carbonyl (C=O) groups excluding carboxylic acids is 1.